The molecule has 1 heterocycles. The Morgan fingerprint density at radius 2 is 1.81 bits per heavy atom. The van der Waals surface area contributed by atoms with E-state index in [2.05, 4.69) is 10.6 Å². The molecule has 3 rings (SSSR count). The Morgan fingerprint density at radius 1 is 1.07 bits per heavy atom. The maximum Gasteiger partial charge on any atom is 0.267 e. The molecular formula is C19H15Cl3N2O2S. The Hall–Kier alpha value is -1.79. The predicted octanol–water partition coefficient (Wildman–Crippen LogP) is 6.17. The normalized spacial score (nSPS) is 10.9. The van der Waals surface area contributed by atoms with E-state index in [-0.39, 0.29) is 16.8 Å². The topological polar surface area (TPSA) is 58.2 Å². The van der Waals surface area contributed by atoms with Crippen LogP contribution in [0.2, 0.25) is 15.1 Å². The van der Waals surface area contributed by atoms with Crippen LogP contribution in [-0.2, 0) is 0 Å². The Labute approximate surface area is 175 Å². The van der Waals surface area contributed by atoms with E-state index in [4.69, 9.17) is 34.8 Å². The van der Waals surface area contributed by atoms with Gasteiger partial charge in [0.05, 0.1) is 10.0 Å². The van der Waals surface area contributed by atoms with Crippen LogP contribution in [-0.4, -0.2) is 18.4 Å². The number of fused-ring (bicyclic) bond motifs is 1. The SMILES string of the molecule is CCNC(=O)c1ccc(C)c(NC(=O)c2sc3cc(Cl)cc(Cl)c3c2Cl)c1. The van der Waals surface area contributed by atoms with Gasteiger partial charge in [0, 0.05) is 32.9 Å². The van der Waals surface area contributed by atoms with Crippen LogP contribution in [0.5, 0.6) is 0 Å². The van der Waals surface area contributed by atoms with Crippen LogP contribution in [0.25, 0.3) is 10.1 Å². The average Bonchev–Trinajstić information content (AvgIpc) is 2.93. The Kier molecular flexibility index (Phi) is 5.96. The number of hydrogen-bond donors (Lipinski definition) is 2. The summed E-state index contributed by atoms with van der Waals surface area (Å²) in [7, 11) is 0. The molecule has 2 amide bonds. The molecule has 0 saturated carbocycles. The number of hydrogen-bond acceptors (Lipinski definition) is 3. The van der Waals surface area contributed by atoms with E-state index in [9.17, 15) is 9.59 Å². The third kappa shape index (κ3) is 4.06. The Balaban J connectivity index is 1.95. The van der Waals surface area contributed by atoms with E-state index in [1.165, 1.54) is 11.3 Å². The van der Waals surface area contributed by atoms with Crippen molar-refractivity contribution in [2.75, 3.05) is 11.9 Å². The average molecular weight is 442 g/mol. The van der Waals surface area contributed by atoms with Gasteiger partial charge in [-0.2, -0.15) is 0 Å². The summed E-state index contributed by atoms with van der Waals surface area (Å²) in [6.07, 6.45) is 0. The maximum atomic E-state index is 12.8. The van der Waals surface area contributed by atoms with Crippen LogP contribution in [0.4, 0.5) is 5.69 Å². The van der Waals surface area contributed by atoms with Crippen molar-refractivity contribution in [3.05, 3.63) is 61.4 Å². The molecule has 8 heteroatoms. The number of rotatable bonds is 4. The zero-order chi connectivity index (χ0) is 19.7. The summed E-state index contributed by atoms with van der Waals surface area (Å²) in [4.78, 5) is 25.2. The number of aryl methyl sites for hydroxylation is 1. The van der Waals surface area contributed by atoms with Crippen molar-refractivity contribution in [1.29, 1.82) is 0 Å². The standard InChI is InChI=1S/C19H15Cl3N2O2S/c1-3-23-18(25)10-5-4-9(2)13(6-10)24-19(26)17-16(22)15-12(21)7-11(20)8-14(15)27-17/h4-8H,3H2,1-2H3,(H,23,25)(H,24,26). The molecule has 0 atom stereocenters. The van der Waals surface area contributed by atoms with Crippen LogP contribution in [0.15, 0.2) is 30.3 Å². The predicted molar refractivity (Wildman–Crippen MR) is 114 cm³/mol. The molecule has 2 N–H and O–H groups in total. The van der Waals surface area contributed by atoms with Crippen LogP contribution >= 0.6 is 46.1 Å². The Bertz CT molecular complexity index is 1060. The molecule has 0 aliphatic carbocycles. The van der Waals surface area contributed by atoms with Gasteiger partial charge in [0.25, 0.3) is 11.8 Å². The number of nitrogens with one attached hydrogen (secondary N) is 2. The monoisotopic (exact) mass is 440 g/mol. The molecule has 0 aliphatic heterocycles. The van der Waals surface area contributed by atoms with Crippen molar-refractivity contribution in [1.82, 2.24) is 5.32 Å². The van der Waals surface area contributed by atoms with E-state index >= 15 is 0 Å². The number of anilines is 1. The molecule has 0 spiro atoms. The highest BCUT2D eigenvalue weighted by Gasteiger charge is 2.20. The molecule has 27 heavy (non-hydrogen) atoms. The number of thiophene rings is 1. The molecule has 0 fully saturated rings. The van der Waals surface area contributed by atoms with Crippen LogP contribution < -0.4 is 10.6 Å². The fourth-order valence-electron chi connectivity index (χ4n) is 2.60. The number of halogens is 3. The third-order valence-corrected chi connectivity index (χ3v) is 6.08. The van der Waals surface area contributed by atoms with Crippen LogP contribution in [0.1, 0.15) is 32.5 Å². The smallest absolute Gasteiger partial charge is 0.267 e. The summed E-state index contributed by atoms with van der Waals surface area (Å²) in [5.74, 6) is -0.571. The molecule has 3 aromatic rings. The molecule has 2 aromatic carbocycles. The maximum absolute atomic E-state index is 12.8. The second kappa shape index (κ2) is 8.07. The van der Waals surface area contributed by atoms with Crippen LogP contribution in [0.3, 0.4) is 0 Å². The lowest BCUT2D eigenvalue weighted by Gasteiger charge is -2.10. The van der Waals surface area contributed by atoms with Gasteiger partial charge < -0.3 is 10.6 Å². The molecule has 0 saturated heterocycles. The molecular weight excluding hydrogens is 427 g/mol. The number of amides is 2. The van der Waals surface area contributed by atoms with Gasteiger partial charge in [-0.1, -0.05) is 40.9 Å². The number of carbonyl (C=O) groups is 2. The van der Waals surface area contributed by atoms with Gasteiger partial charge in [-0.3, -0.25) is 9.59 Å². The molecule has 0 unspecified atom stereocenters. The van der Waals surface area contributed by atoms with Crippen molar-refractivity contribution in [3.63, 3.8) is 0 Å². The fourth-order valence-corrected chi connectivity index (χ4v) is 4.87. The largest absolute Gasteiger partial charge is 0.352 e. The summed E-state index contributed by atoms with van der Waals surface area (Å²) >= 11 is 19.9. The summed E-state index contributed by atoms with van der Waals surface area (Å²) < 4.78 is 0.732. The first kappa shape index (κ1) is 20.0. The second-order valence-corrected chi connectivity index (χ2v) is 8.12. The zero-order valence-corrected chi connectivity index (χ0v) is 17.5. The minimum Gasteiger partial charge on any atom is -0.352 e. The lowest BCUT2D eigenvalue weighted by atomic mass is 10.1. The first-order valence-electron chi connectivity index (χ1n) is 8.09. The van der Waals surface area contributed by atoms with Gasteiger partial charge in [-0.15, -0.1) is 11.3 Å². The van der Waals surface area contributed by atoms with Crippen LogP contribution in [0, 0.1) is 6.92 Å². The van der Waals surface area contributed by atoms with Crippen molar-refractivity contribution in [3.8, 4) is 0 Å². The van der Waals surface area contributed by atoms with Gasteiger partial charge in [0.2, 0.25) is 0 Å². The first-order valence-corrected chi connectivity index (χ1v) is 10.0. The summed E-state index contributed by atoms with van der Waals surface area (Å²) in [5, 5.41) is 7.32. The highest BCUT2D eigenvalue weighted by Crippen LogP contribution is 2.41. The molecule has 1 aromatic heterocycles. The van der Waals surface area contributed by atoms with E-state index in [1.54, 1.807) is 30.3 Å². The molecule has 0 aliphatic rings. The third-order valence-electron chi connectivity index (χ3n) is 3.94. The van der Waals surface area contributed by atoms with Gasteiger partial charge in [0.1, 0.15) is 4.88 Å². The van der Waals surface area contributed by atoms with Crippen molar-refractivity contribution in [2.45, 2.75) is 13.8 Å². The van der Waals surface area contributed by atoms with Crippen molar-refractivity contribution >= 4 is 73.7 Å². The molecule has 0 radical (unpaired) electrons. The fraction of sp³-hybridized carbons (Fsp3) is 0.158. The quantitative estimate of drug-likeness (QED) is 0.508. The van der Waals surface area contributed by atoms with Gasteiger partial charge in [-0.05, 0) is 43.7 Å². The van der Waals surface area contributed by atoms with Gasteiger partial charge in [-0.25, -0.2) is 0 Å². The lowest BCUT2D eigenvalue weighted by Crippen LogP contribution is -2.23. The number of benzene rings is 2. The first-order chi connectivity index (χ1) is 12.8. The zero-order valence-electron chi connectivity index (χ0n) is 14.5. The highest BCUT2D eigenvalue weighted by molar-refractivity contribution is 7.21. The minimum absolute atomic E-state index is 0.200. The van der Waals surface area contributed by atoms with Crippen molar-refractivity contribution in [2.24, 2.45) is 0 Å². The number of carbonyl (C=O) groups excluding carboxylic acids is 2. The van der Waals surface area contributed by atoms with E-state index < -0.39 is 0 Å². The second-order valence-electron chi connectivity index (χ2n) is 5.85. The van der Waals surface area contributed by atoms with E-state index in [0.29, 0.717) is 38.1 Å². The van der Waals surface area contributed by atoms with E-state index in [1.807, 2.05) is 13.8 Å². The summed E-state index contributed by atoms with van der Waals surface area (Å²) in [5.41, 5.74) is 1.84. The lowest BCUT2D eigenvalue weighted by molar-refractivity contribution is 0.0954. The highest BCUT2D eigenvalue weighted by atomic mass is 35.5. The van der Waals surface area contributed by atoms with Gasteiger partial charge in [0.15, 0.2) is 0 Å². The minimum atomic E-state index is -0.371. The molecule has 4 nitrogen and oxygen atoms in total. The Morgan fingerprint density at radius 3 is 2.52 bits per heavy atom. The summed E-state index contributed by atoms with van der Waals surface area (Å²) in [6, 6.07) is 8.44. The summed E-state index contributed by atoms with van der Waals surface area (Å²) in [6.45, 7) is 4.21. The van der Waals surface area contributed by atoms with Crippen molar-refractivity contribution < 1.29 is 9.59 Å². The molecule has 140 valence electrons. The van der Waals surface area contributed by atoms with Gasteiger partial charge >= 0.3 is 0 Å². The molecule has 0 bridgehead atoms. The van der Waals surface area contributed by atoms with E-state index in [0.717, 1.165) is 10.3 Å².